The van der Waals surface area contributed by atoms with Crippen LogP contribution in [0, 0.1) is 0 Å². The first kappa shape index (κ1) is 20.4. The number of tetrazole rings is 1. The molecule has 4 aromatic rings. The molecule has 10 heteroatoms. The van der Waals surface area contributed by atoms with E-state index in [1.165, 1.54) is 11.8 Å². The third kappa shape index (κ3) is 4.31. The minimum absolute atomic E-state index is 0.585. The number of methoxy groups -OCH3 is 1. The maximum absolute atomic E-state index is 6.09. The van der Waals surface area contributed by atoms with Crippen LogP contribution in [0.5, 0.6) is 5.75 Å². The summed E-state index contributed by atoms with van der Waals surface area (Å²) in [5.74, 6) is 2.91. The summed E-state index contributed by atoms with van der Waals surface area (Å²) < 4.78 is 9.10. The second kappa shape index (κ2) is 9.27. The zero-order chi connectivity index (χ0) is 20.9. The molecule has 2 heterocycles. The first-order valence-electron chi connectivity index (χ1n) is 9.43. The molecular formula is C20H20ClN7OS. The number of benzene rings is 2. The molecule has 0 amide bonds. The Balaban J connectivity index is 1.70. The van der Waals surface area contributed by atoms with E-state index in [0.29, 0.717) is 10.8 Å². The van der Waals surface area contributed by atoms with Gasteiger partial charge in [0.1, 0.15) is 5.75 Å². The van der Waals surface area contributed by atoms with E-state index in [1.807, 2.05) is 57.8 Å². The lowest BCUT2D eigenvalue weighted by Gasteiger charge is -2.11. The SMILES string of the molecule is CCCn1nnnc1CSc1nnc(-c2ccc(OC)cc2)n1-c1ccc(Cl)cc1. The molecule has 0 N–H and O–H groups in total. The van der Waals surface area contributed by atoms with Crippen molar-refractivity contribution in [2.24, 2.45) is 0 Å². The number of hydrogen-bond acceptors (Lipinski definition) is 7. The number of aromatic nitrogens is 7. The van der Waals surface area contributed by atoms with Crippen LogP contribution < -0.4 is 4.74 Å². The number of halogens is 1. The lowest BCUT2D eigenvalue weighted by molar-refractivity contribution is 0.415. The van der Waals surface area contributed by atoms with Gasteiger partial charge in [0, 0.05) is 22.8 Å². The fourth-order valence-corrected chi connectivity index (χ4v) is 3.97. The van der Waals surface area contributed by atoms with Gasteiger partial charge in [-0.3, -0.25) is 4.57 Å². The van der Waals surface area contributed by atoms with E-state index in [-0.39, 0.29) is 0 Å². The van der Waals surface area contributed by atoms with E-state index in [2.05, 4.69) is 32.6 Å². The Labute approximate surface area is 183 Å². The first-order valence-corrected chi connectivity index (χ1v) is 10.8. The molecule has 30 heavy (non-hydrogen) atoms. The number of nitrogens with zero attached hydrogens (tertiary/aromatic N) is 7. The molecule has 2 aromatic carbocycles. The van der Waals surface area contributed by atoms with Gasteiger partial charge in [0.05, 0.1) is 12.9 Å². The minimum Gasteiger partial charge on any atom is -0.497 e. The Bertz CT molecular complexity index is 1110. The molecule has 0 aliphatic heterocycles. The van der Waals surface area contributed by atoms with E-state index in [1.54, 1.807) is 7.11 Å². The van der Waals surface area contributed by atoms with Crippen LogP contribution in [0.1, 0.15) is 19.2 Å². The van der Waals surface area contributed by atoms with Crippen LogP contribution in [0.2, 0.25) is 5.02 Å². The molecule has 0 atom stereocenters. The molecular weight excluding hydrogens is 422 g/mol. The van der Waals surface area contributed by atoms with Crippen molar-refractivity contribution in [1.29, 1.82) is 0 Å². The average molecular weight is 442 g/mol. The molecule has 0 bridgehead atoms. The highest BCUT2D eigenvalue weighted by molar-refractivity contribution is 7.98. The smallest absolute Gasteiger partial charge is 0.196 e. The highest BCUT2D eigenvalue weighted by Crippen LogP contribution is 2.30. The molecule has 154 valence electrons. The number of rotatable bonds is 8. The largest absolute Gasteiger partial charge is 0.497 e. The molecule has 0 aliphatic carbocycles. The zero-order valence-electron chi connectivity index (χ0n) is 16.6. The normalized spacial score (nSPS) is 11.0. The van der Waals surface area contributed by atoms with Crippen molar-refractivity contribution in [3.63, 3.8) is 0 Å². The van der Waals surface area contributed by atoms with Gasteiger partial charge in [0.15, 0.2) is 16.8 Å². The lowest BCUT2D eigenvalue weighted by atomic mass is 10.2. The van der Waals surface area contributed by atoms with Gasteiger partial charge in [0.25, 0.3) is 0 Å². The Morgan fingerprint density at radius 3 is 2.47 bits per heavy atom. The molecule has 0 saturated heterocycles. The summed E-state index contributed by atoms with van der Waals surface area (Å²) in [5, 5.41) is 22.3. The van der Waals surface area contributed by atoms with Crippen LogP contribution >= 0.6 is 23.4 Å². The monoisotopic (exact) mass is 441 g/mol. The first-order chi connectivity index (χ1) is 14.7. The van der Waals surface area contributed by atoms with Crippen LogP contribution in [0.4, 0.5) is 0 Å². The van der Waals surface area contributed by atoms with Gasteiger partial charge in [0.2, 0.25) is 0 Å². The van der Waals surface area contributed by atoms with E-state index in [4.69, 9.17) is 16.3 Å². The van der Waals surface area contributed by atoms with Crippen molar-refractivity contribution in [3.05, 3.63) is 59.4 Å². The van der Waals surface area contributed by atoms with Crippen LogP contribution in [-0.2, 0) is 12.3 Å². The predicted molar refractivity (Wildman–Crippen MR) is 116 cm³/mol. The quantitative estimate of drug-likeness (QED) is 0.377. The van der Waals surface area contributed by atoms with Gasteiger partial charge >= 0.3 is 0 Å². The average Bonchev–Trinajstić information content (AvgIpc) is 3.40. The van der Waals surface area contributed by atoms with Crippen molar-refractivity contribution >= 4 is 23.4 Å². The van der Waals surface area contributed by atoms with E-state index < -0.39 is 0 Å². The highest BCUT2D eigenvalue weighted by atomic mass is 35.5. The van der Waals surface area contributed by atoms with E-state index >= 15 is 0 Å². The third-order valence-electron chi connectivity index (χ3n) is 4.44. The Kier molecular flexibility index (Phi) is 6.29. The molecule has 2 aromatic heterocycles. The number of hydrogen-bond donors (Lipinski definition) is 0. The van der Waals surface area contributed by atoms with Crippen LogP contribution in [-0.4, -0.2) is 42.1 Å². The minimum atomic E-state index is 0.585. The van der Waals surface area contributed by atoms with Crippen molar-refractivity contribution in [2.75, 3.05) is 7.11 Å². The van der Waals surface area contributed by atoms with E-state index in [9.17, 15) is 0 Å². The van der Waals surface area contributed by atoms with Crippen LogP contribution in [0.15, 0.2) is 53.7 Å². The summed E-state index contributed by atoms with van der Waals surface area (Å²) in [6.45, 7) is 2.88. The van der Waals surface area contributed by atoms with Gasteiger partial charge in [-0.2, -0.15) is 0 Å². The van der Waals surface area contributed by atoms with Gasteiger partial charge in [-0.1, -0.05) is 30.3 Å². The number of thioether (sulfide) groups is 1. The fraction of sp³-hybridized carbons (Fsp3) is 0.250. The number of aryl methyl sites for hydroxylation is 1. The molecule has 0 radical (unpaired) electrons. The Hall–Kier alpha value is -2.91. The summed E-state index contributed by atoms with van der Waals surface area (Å²) in [4.78, 5) is 0. The third-order valence-corrected chi connectivity index (χ3v) is 5.62. The molecule has 0 unspecified atom stereocenters. The van der Waals surface area contributed by atoms with Gasteiger partial charge in [-0.25, -0.2) is 4.68 Å². The molecule has 4 rings (SSSR count). The van der Waals surface area contributed by atoms with Crippen molar-refractivity contribution < 1.29 is 4.74 Å². The summed E-state index contributed by atoms with van der Waals surface area (Å²) >= 11 is 7.63. The fourth-order valence-electron chi connectivity index (χ4n) is 2.95. The Morgan fingerprint density at radius 1 is 1.00 bits per heavy atom. The molecule has 0 aliphatic rings. The topological polar surface area (TPSA) is 83.5 Å². The van der Waals surface area contributed by atoms with Crippen LogP contribution in [0.25, 0.3) is 17.1 Å². The standard InChI is InChI=1S/C20H20ClN7OS/c1-3-12-27-18(22-25-26-27)13-30-20-24-23-19(14-4-10-17(29-2)11-5-14)28(20)16-8-6-15(21)7-9-16/h4-11H,3,12-13H2,1-2H3. The maximum Gasteiger partial charge on any atom is 0.196 e. The zero-order valence-corrected chi connectivity index (χ0v) is 18.1. The Morgan fingerprint density at radius 2 is 1.77 bits per heavy atom. The summed E-state index contributed by atoms with van der Waals surface area (Å²) in [7, 11) is 1.64. The summed E-state index contributed by atoms with van der Waals surface area (Å²) in [6.07, 6.45) is 0.964. The maximum atomic E-state index is 6.09. The number of ether oxygens (including phenoxy) is 1. The van der Waals surface area contributed by atoms with Gasteiger partial charge < -0.3 is 4.74 Å². The summed E-state index contributed by atoms with van der Waals surface area (Å²) in [5.41, 5.74) is 1.85. The lowest BCUT2D eigenvalue weighted by Crippen LogP contribution is -2.05. The summed E-state index contributed by atoms with van der Waals surface area (Å²) in [6, 6.07) is 15.3. The van der Waals surface area contributed by atoms with Crippen molar-refractivity contribution in [1.82, 2.24) is 35.0 Å². The van der Waals surface area contributed by atoms with Crippen LogP contribution in [0.3, 0.4) is 0 Å². The predicted octanol–water partition coefficient (Wildman–Crippen LogP) is 4.29. The van der Waals surface area contributed by atoms with E-state index in [0.717, 1.165) is 46.8 Å². The molecule has 0 spiro atoms. The second-order valence-electron chi connectivity index (χ2n) is 6.45. The van der Waals surface area contributed by atoms with Crippen molar-refractivity contribution in [3.8, 4) is 22.8 Å². The molecule has 0 fully saturated rings. The molecule has 0 saturated carbocycles. The van der Waals surface area contributed by atoms with Crippen molar-refractivity contribution in [2.45, 2.75) is 30.8 Å². The highest BCUT2D eigenvalue weighted by Gasteiger charge is 2.18. The second-order valence-corrected chi connectivity index (χ2v) is 7.83. The van der Waals surface area contributed by atoms with Gasteiger partial charge in [-0.15, -0.1) is 15.3 Å². The molecule has 8 nitrogen and oxygen atoms in total. The van der Waals surface area contributed by atoms with Gasteiger partial charge in [-0.05, 0) is 65.4 Å².